The molecule has 264 valence electrons. The molecule has 0 aliphatic heterocycles. The Morgan fingerprint density at radius 2 is 1.14 bits per heavy atom. The topological polar surface area (TPSA) is 34.5 Å². The zero-order chi connectivity index (χ0) is 36.7. The van der Waals surface area contributed by atoms with Crippen LogP contribution in [-0.2, 0) is 0 Å². The number of aromatic nitrogens is 1. The van der Waals surface area contributed by atoms with E-state index in [-0.39, 0.29) is 5.92 Å². The first-order valence-corrected chi connectivity index (χ1v) is 19.3. The number of hydrogen-bond donors (Lipinski definition) is 0. The SMILES string of the molecule is C1=Cc2c(oc3c2ccc2ccccc23)C(c2ccccc2N(c2ccc(-n3c4ccccc4c4ccccc43)cc2)c2ccc3c(c2)oc2ccccc23)C1. The smallest absolute Gasteiger partial charge is 0.142 e. The van der Waals surface area contributed by atoms with Gasteiger partial charge in [0.15, 0.2) is 0 Å². The summed E-state index contributed by atoms with van der Waals surface area (Å²) in [5, 5.41) is 8.21. The van der Waals surface area contributed by atoms with Gasteiger partial charge in [-0.3, -0.25) is 0 Å². The van der Waals surface area contributed by atoms with Crippen molar-refractivity contribution in [3.8, 4) is 5.69 Å². The molecule has 0 N–H and O–H groups in total. The lowest BCUT2D eigenvalue weighted by atomic mass is 9.85. The van der Waals surface area contributed by atoms with E-state index in [1.807, 2.05) is 12.1 Å². The molecule has 4 heteroatoms. The monoisotopic (exact) mass is 718 g/mol. The average molecular weight is 719 g/mol. The number of para-hydroxylation sites is 4. The van der Waals surface area contributed by atoms with Crippen molar-refractivity contribution in [1.82, 2.24) is 4.57 Å². The van der Waals surface area contributed by atoms with Crippen molar-refractivity contribution >= 4 is 88.6 Å². The van der Waals surface area contributed by atoms with Crippen molar-refractivity contribution in [2.45, 2.75) is 12.3 Å². The number of anilines is 3. The van der Waals surface area contributed by atoms with E-state index in [4.69, 9.17) is 8.83 Å². The molecule has 1 aliphatic rings. The summed E-state index contributed by atoms with van der Waals surface area (Å²) in [6.45, 7) is 0. The van der Waals surface area contributed by atoms with Crippen molar-refractivity contribution in [1.29, 1.82) is 0 Å². The molecular formula is C52H34N2O2. The zero-order valence-electron chi connectivity index (χ0n) is 30.4. The van der Waals surface area contributed by atoms with Crippen LogP contribution in [0.1, 0.15) is 29.2 Å². The minimum Gasteiger partial charge on any atom is -0.459 e. The van der Waals surface area contributed by atoms with Crippen LogP contribution in [-0.4, -0.2) is 4.57 Å². The normalized spacial score (nSPS) is 14.1. The van der Waals surface area contributed by atoms with Crippen LogP contribution in [0.2, 0.25) is 0 Å². The number of nitrogens with zero attached hydrogens (tertiary/aromatic N) is 2. The Labute approximate surface area is 322 Å². The quantitative estimate of drug-likeness (QED) is 0.178. The molecule has 0 saturated heterocycles. The first kappa shape index (κ1) is 31.1. The second-order valence-corrected chi connectivity index (χ2v) is 14.8. The predicted octanol–water partition coefficient (Wildman–Crippen LogP) is 14.6. The van der Waals surface area contributed by atoms with Crippen LogP contribution in [0.25, 0.3) is 77.2 Å². The van der Waals surface area contributed by atoms with E-state index < -0.39 is 0 Å². The van der Waals surface area contributed by atoms with Crippen molar-refractivity contribution in [3.05, 3.63) is 199 Å². The molecule has 12 rings (SSSR count). The van der Waals surface area contributed by atoms with E-state index in [0.29, 0.717) is 0 Å². The standard InChI is InChI=1S/C52H34N2O2/c1-2-13-37-33(12-1)24-30-45-44-19-11-18-43(52(44)56-51(37)45)40-16-5-7-20-46(40)53(36-29-31-42-41-17-6-10-23-49(41)55-50(42)32-36)34-25-27-35(28-26-34)54-47-21-8-3-14-38(47)39-15-4-9-22-48(39)54/h1-17,19-32,43H,18H2. The summed E-state index contributed by atoms with van der Waals surface area (Å²) in [6.07, 6.45) is 5.39. The maximum Gasteiger partial charge on any atom is 0.142 e. The molecule has 1 atom stereocenters. The molecule has 0 amide bonds. The van der Waals surface area contributed by atoms with Crippen molar-refractivity contribution in [2.24, 2.45) is 0 Å². The van der Waals surface area contributed by atoms with Crippen LogP contribution >= 0.6 is 0 Å². The Kier molecular flexibility index (Phi) is 6.72. The Balaban J connectivity index is 1.05. The highest BCUT2D eigenvalue weighted by molar-refractivity contribution is 6.10. The third-order valence-corrected chi connectivity index (χ3v) is 11.7. The lowest BCUT2D eigenvalue weighted by Gasteiger charge is -2.30. The molecule has 56 heavy (non-hydrogen) atoms. The number of fused-ring (bicyclic) bond motifs is 11. The number of hydrogen-bond acceptors (Lipinski definition) is 3. The van der Waals surface area contributed by atoms with Gasteiger partial charge in [0, 0.05) is 66.9 Å². The fourth-order valence-corrected chi connectivity index (χ4v) is 9.21. The molecule has 0 spiro atoms. The van der Waals surface area contributed by atoms with Crippen molar-refractivity contribution in [2.75, 3.05) is 4.90 Å². The second kappa shape index (κ2) is 12.1. The van der Waals surface area contributed by atoms with Gasteiger partial charge in [0.25, 0.3) is 0 Å². The maximum atomic E-state index is 6.95. The highest BCUT2D eigenvalue weighted by Crippen LogP contribution is 2.48. The highest BCUT2D eigenvalue weighted by atomic mass is 16.3. The molecule has 0 saturated carbocycles. The van der Waals surface area contributed by atoms with Crippen LogP contribution in [0, 0.1) is 0 Å². The lowest BCUT2D eigenvalue weighted by Crippen LogP contribution is -2.15. The van der Waals surface area contributed by atoms with E-state index in [1.165, 1.54) is 38.3 Å². The Hall–Kier alpha value is -7.30. The summed E-state index contributed by atoms with van der Waals surface area (Å²) in [5.74, 6) is 1.03. The summed E-state index contributed by atoms with van der Waals surface area (Å²) in [4.78, 5) is 2.38. The highest BCUT2D eigenvalue weighted by Gasteiger charge is 2.30. The van der Waals surface area contributed by atoms with Gasteiger partial charge in [0.2, 0.25) is 0 Å². The molecule has 1 aliphatic carbocycles. The molecule has 0 bridgehead atoms. The molecule has 8 aromatic carbocycles. The minimum absolute atomic E-state index is 0.0201. The lowest BCUT2D eigenvalue weighted by molar-refractivity contribution is 0.519. The van der Waals surface area contributed by atoms with Crippen LogP contribution in [0.3, 0.4) is 0 Å². The third-order valence-electron chi connectivity index (χ3n) is 11.7. The van der Waals surface area contributed by atoms with E-state index in [1.54, 1.807) is 0 Å². The molecule has 3 heterocycles. The summed E-state index contributed by atoms with van der Waals surface area (Å²) in [7, 11) is 0. The Morgan fingerprint density at radius 3 is 1.96 bits per heavy atom. The van der Waals surface area contributed by atoms with Gasteiger partial charge >= 0.3 is 0 Å². The summed E-state index contributed by atoms with van der Waals surface area (Å²) in [6, 6.07) is 62.9. The van der Waals surface area contributed by atoms with Crippen molar-refractivity contribution in [3.63, 3.8) is 0 Å². The number of allylic oxidation sites excluding steroid dienone is 1. The molecular weight excluding hydrogens is 685 g/mol. The molecule has 0 fully saturated rings. The van der Waals surface area contributed by atoms with Crippen LogP contribution in [0.4, 0.5) is 17.1 Å². The molecule has 0 radical (unpaired) electrons. The predicted molar refractivity (Wildman–Crippen MR) is 232 cm³/mol. The van der Waals surface area contributed by atoms with Gasteiger partial charge in [-0.2, -0.15) is 0 Å². The largest absolute Gasteiger partial charge is 0.459 e. The minimum atomic E-state index is 0.0201. The first-order valence-electron chi connectivity index (χ1n) is 19.3. The molecule has 1 unspecified atom stereocenters. The average Bonchev–Trinajstić information content (AvgIpc) is 3.94. The van der Waals surface area contributed by atoms with Gasteiger partial charge in [0.1, 0.15) is 22.5 Å². The fourth-order valence-electron chi connectivity index (χ4n) is 9.21. The molecule has 11 aromatic rings. The Bertz CT molecular complexity index is 3310. The van der Waals surface area contributed by atoms with Crippen LogP contribution in [0.5, 0.6) is 0 Å². The third kappa shape index (κ3) is 4.59. The van der Waals surface area contributed by atoms with E-state index >= 15 is 0 Å². The number of benzene rings is 8. The van der Waals surface area contributed by atoms with Gasteiger partial charge < -0.3 is 18.3 Å². The number of rotatable bonds is 5. The first-order chi connectivity index (χ1) is 27.8. The summed E-state index contributed by atoms with van der Waals surface area (Å²) >= 11 is 0. The van der Waals surface area contributed by atoms with Crippen LogP contribution < -0.4 is 4.90 Å². The van der Waals surface area contributed by atoms with Gasteiger partial charge in [-0.15, -0.1) is 0 Å². The zero-order valence-corrected chi connectivity index (χ0v) is 30.4. The number of furan rings is 2. The Morgan fingerprint density at radius 1 is 0.500 bits per heavy atom. The fraction of sp³-hybridized carbons (Fsp3) is 0.0385. The van der Waals surface area contributed by atoms with Gasteiger partial charge in [-0.05, 0) is 84.1 Å². The van der Waals surface area contributed by atoms with E-state index in [2.05, 4.69) is 185 Å². The van der Waals surface area contributed by atoms with Crippen molar-refractivity contribution < 1.29 is 8.83 Å². The van der Waals surface area contributed by atoms with Gasteiger partial charge in [-0.1, -0.05) is 115 Å². The summed E-state index contributed by atoms with van der Waals surface area (Å²) < 4.78 is 15.8. The van der Waals surface area contributed by atoms with E-state index in [0.717, 1.165) is 73.2 Å². The van der Waals surface area contributed by atoms with Gasteiger partial charge in [0.05, 0.1) is 16.7 Å². The summed E-state index contributed by atoms with van der Waals surface area (Å²) in [5.41, 5.74) is 11.8. The maximum absolute atomic E-state index is 6.95. The second-order valence-electron chi connectivity index (χ2n) is 14.8. The van der Waals surface area contributed by atoms with Gasteiger partial charge in [-0.25, -0.2) is 0 Å². The van der Waals surface area contributed by atoms with E-state index in [9.17, 15) is 0 Å². The van der Waals surface area contributed by atoms with Crippen LogP contribution in [0.15, 0.2) is 191 Å². The molecule has 3 aromatic heterocycles. The molecule has 4 nitrogen and oxygen atoms in total.